The van der Waals surface area contributed by atoms with Gasteiger partial charge in [0.15, 0.2) is 0 Å². The average Bonchev–Trinajstić information content (AvgIpc) is 2.73. The normalized spacial score (nSPS) is 11.6. The molecule has 1 aromatic heterocycles. The fourth-order valence-corrected chi connectivity index (χ4v) is 2.21. The van der Waals surface area contributed by atoms with E-state index in [1.165, 1.54) is 13.8 Å². The lowest BCUT2D eigenvalue weighted by Gasteiger charge is -2.19. The minimum Gasteiger partial charge on any atom is -0.481 e. The van der Waals surface area contributed by atoms with Gasteiger partial charge in [-0.2, -0.15) is 0 Å². The van der Waals surface area contributed by atoms with Crippen LogP contribution >= 0.6 is 23.2 Å². The number of nitrogens with one attached hydrogen (secondary N) is 2. The number of fused-ring (bicyclic) bond motifs is 1. The first-order chi connectivity index (χ1) is 9.72. The van der Waals surface area contributed by atoms with Gasteiger partial charge in [-0.25, -0.2) is 0 Å². The number of carboxylic acids is 1. The summed E-state index contributed by atoms with van der Waals surface area (Å²) in [4.78, 5) is 26.1. The molecule has 1 aromatic carbocycles. The van der Waals surface area contributed by atoms with Crippen LogP contribution in [0.15, 0.2) is 18.2 Å². The highest BCUT2D eigenvalue weighted by Gasteiger charge is 2.28. The van der Waals surface area contributed by atoms with E-state index in [1.807, 2.05) is 0 Å². The fourth-order valence-electron chi connectivity index (χ4n) is 1.75. The van der Waals surface area contributed by atoms with Gasteiger partial charge in [0.25, 0.3) is 5.91 Å². The maximum absolute atomic E-state index is 12.1. The first-order valence-corrected chi connectivity index (χ1v) is 6.96. The highest BCUT2D eigenvalue weighted by atomic mass is 35.5. The smallest absolute Gasteiger partial charge is 0.310 e. The number of halogens is 2. The van der Waals surface area contributed by atoms with Gasteiger partial charge in [0.2, 0.25) is 0 Å². The van der Waals surface area contributed by atoms with Crippen LogP contribution in [0, 0.1) is 5.41 Å². The van der Waals surface area contributed by atoms with Gasteiger partial charge in [-0.1, -0.05) is 23.2 Å². The number of aliphatic carboxylic acids is 1. The van der Waals surface area contributed by atoms with Gasteiger partial charge in [-0.05, 0) is 32.0 Å². The third-order valence-corrected chi connectivity index (χ3v) is 3.82. The Morgan fingerprint density at radius 3 is 2.62 bits per heavy atom. The molecule has 0 spiro atoms. The SMILES string of the molecule is CC(C)(CNC(=O)c1[nH]c2ccc(Cl)cc2c1Cl)C(=O)O. The molecule has 0 saturated heterocycles. The number of aromatic nitrogens is 1. The van der Waals surface area contributed by atoms with E-state index in [9.17, 15) is 9.59 Å². The topological polar surface area (TPSA) is 82.2 Å². The molecule has 3 N–H and O–H groups in total. The predicted octanol–water partition coefficient (Wildman–Crippen LogP) is 3.32. The number of aromatic amines is 1. The van der Waals surface area contributed by atoms with Gasteiger partial charge in [0, 0.05) is 22.5 Å². The number of carbonyl (C=O) groups excluding carboxylic acids is 1. The van der Waals surface area contributed by atoms with Gasteiger partial charge < -0.3 is 15.4 Å². The quantitative estimate of drug-likeness (QED) is 0.805. The molecule has 0 aliphatic heterocycles. The molecule has 7 heteroatoms. The molecule has 0 unspecified atom stereocenters. The number of carboxylic acid groups (broad SMARTS) is 1. The highest BCUT2D eigenvalue weighted by Crippen LogP contribution is 2.29. The molecule has 2 aromatic rings. The maximum atomic E-state index is 12.1. The highest BCUT2D eigenvalue weighted by molar-refractivity contribution is 6.39. The molecule has 0 bridgehead atoms. The summed E-state index contributed by atoms with van der Waals surface area (Å²) >= 11 is 12.1. The summed E-state index contributed by atoms with van der Waals surface area (Å²) in [7, 11) is 0. The Morgan fingerprint density at radius 1 is 1.33 bits per heavy atom. The van der Waals surface area contributed by atoms with Crippen LogP contribution in [0.4, 0.5) is 0 Å². The van der Waals surface area contributed by atoms with Crippen molar-refractivity contribution >= 4 is 46.0 Å². The van der Waals surface area contributed by atoms with Crippen molar-refractivity contribution in [1.82, 2.24) is 10.3 Å². The number of hydrogen-bond acceptors (Lipinski definition) is 2. The molecule has 2 rings (SSSR count). The summed E-state index contributed by atoms with van der Waals surface area (Å²) in [5.74, 6) is -1.45. The van der Waals surface area contributed by atoms with Crippen LogP contribution in [0.3, 0.4) is 0 Å². The van der Waals surface area contributed by atoms with Crippen molar-refractivity contribution in [2.45, 2.75) is 13.8 Å². The lowest BCUT2D eigenvalue weighted by atomic mass is 9.94. The number of hydrogen-bond donors (Lipinski definition) is 3. The van der Waals surface area contributed by atoms with Crippen molar-refractivity contribution in [1.29, 1.82) is 0 Å². The van der Waals surface area contributed by atoms with E-state index in [0.717, 1.165) is 0 Å². The zero-order valence-electron chi connectivity index (χ0n) is 11.5. The van der Waals surface area contributed by atoms with E-state index in [1.54, 1.807) is 18.2 Å². The van der Waals surface area contributed by atoms with Crippen molar-refractivity contribution in [2.24, 2.45) is 5.41 Å². The van der Waals surface area contributed by atoms with Crippen LogP contribution in [0.5, 0.6) is 0 Å². The molecule has 5 nitrogen and oxygen atoms in total. The zero-order chi connectivity index (χ0) is 15.8. The summed E-state index contributed by atoms with van der Waals surface area (Å²) in [5.41, 5.74) is -0.181. The molecule has 0 aliphatic carbocycles. The Balaban J connectivity index is 2.24. The van der Waals surface area contributed by atoms with E-state index in [-0.39, 0.29) is 17.3 Å². The molecule has 0 atom stereocenters. The zero-order valence-corrected chi connectivity index (χ0v) is 13.0. The van der Waals surface area contributed by atoms with E-state index in [2.05, 4.69) is 10.3 Å². The molecular formula is C14H14Cl2N2O3. The van der Waals surface area contributed by atoms with E-state index in [0.29, 0.717) is 15.9 Å². The number of carbonyl (C=O) groups is 2. The first kappa shape index (κ1) is 15.7. The Kier molecular flexibility index (Phi) is 4.16. The van der Waals surface area contributed by atoms with Crippen LogP contribution in [-0.2, 0) is 4.79 Å². The van der Waals surface area contributed by atoms with Crippen molar-refractivity contribution in [2.75, 3.05) is 6.54 Å². The molecule has 112 valence electrons. The van der Waals surface area contributed by atoms with Crippen LogP contribution in [0.25, 0.3) is 10.9 Å². The summed E-state index contributed by atoms with van der Waals surface area (Å²) in [6, 6.07) is 5.07. The number of benzene rings is 1. The molecule has 1 heterocycles. The number of H-pyrrole nitrogens is 1. The minimum absolute atomic E-state index is 0.00633. The fraction of sp³-hybridized carbons (Fsp3) is 0.286. The second-order valence-corrected chi connectivity index (χ2v) is 6.19. The number of rotatable bonds is 4. The van der Waals surface area contributed by atoms with Gasteiger partial charge in [-0.3, -0.25) is 9.59 Å². The molecule has 0 saturated carbocycles. The third-order valence-electron chi connectivity index (χ3n) is 3.19. The molecule has 0 aliphatic rings. The standard InChI is InChI=1S/C14H14Cl2N2O3/c1-14(2,13(20)21)6-17-12(19)11-10(16)8-5-7(15)3-4-9(8)18-11/h3-5,18H,6H2,1-2H3,(H,17,19)(H,20,21). The van der Waals surface area contributed by atoms with Crippen molar-refractivity contribution in [3.05, 3.63) is 33.9 Å². The summed E-state index contributed by atoms with van der Waals surface area (Å²) < 4.78 is 0. The second kappa shape index (κ2) is 5.58. The Morgan fingerprint density at radius 2 is 2.00 bits per heavy atom. The van der Waals surface area contributed by atoms with Gasteiger partial charge in [0.05, 0.1) is 10.4 Å². The van der Waals surface area contributed by atoms with Gasteiger partial charge >= 0.3 is 5.97 Å². The number of amides is 1. The summed E-state index contributed by atoms with van der Waals surface area (Å²) in [5, 5.41) is 13.0. The molecular weight excluding hydrogens is 315 g/mol. The van der Waals surface area contributed by atoms with E-state index < -0.39 is 17.3 Å². The van der Waals surface area contributed by atoms with Crippen LogP contribution in [0.1, 0.15) is 24.3 Å². The molecule has 21 heavy (non-hydrogen) atoms. The van der Waals surface area contributed by atoms with Crippen LogP contribution < -0.4 is 5.32 Å². The largest absolute Gasteiger partial charge is 0.481 e. The van der Waals surface area contributed by atoms with Gasteiger partial charge in [0.1, 0.15) is 5.69 Å². The lowest BCUT2D eigenvalue weighted by molar-refractivity contribution is -0.146. The molecule has 0 radical (unpaired) electrons. The Labute approximate surface area is 131 Å². The minimum atomic E-state index is -1.06. The van der Waals surface area contributed by atoms with E-state index in [4.69, 9.17) is 28.3 Å². The molecule has 0 fully saturated rings. The lowest BCUT2D eigenvalue weighted by Crippen LogP contribution is -2.39. The monoisotopic (exact) mass is 328 g/mol. The molecule has 1 amide bonds. The average molecular weight is 329 g/mol. The van der Waals surface area contributed by atoms with Crippen molar-refractivity contribution < 1.29 is 14.7 Å². The Bertz CT molecular complexity index is 722. The third kappa shape index (κ3) is 3.14. The van der Waals surface area contributed by atoms with Crippen molar-refractivity contribution in [3.8, 4) is 0 Å². The maximum Gasteiger partial charge on any atom is 0.310 e. The summed E-state index contributed by atoms with van der Waals surface area (Å²) in [6.07, 6.45) is 0. The van der Waals surface area contributed by atoms with Gasteiger partial charge in [-0.15, -0.1) is 0 Å². The van der Waals surface area contributed by atoms with Crippen LogP contribution in [-0.4, -0.2) is 28.5 Å². The first-order valence-electron chi connectivity index (χ1n) is 6.20. The van der Waals surface area contributed by atoms with Crippen molar-refractivity contribution in [3.63, 3.8) is 0 Å². The summed E-state index contributed by atoms with van der Waals surface area (Å²) in [6.45, 7) is 3.05. The van der Waals surface area contributed by atoms with Crippen LogP contribution in [0.2, 0.25) is 10.0 Å². The van der Waals surface area contributed by atoms with E-state index >= 15 is 0 Å². The predicted molar refractivity (Wildman–Crippen MR) is 82.1 cm³/mol. The Hall–Kier alpha value is -1.72. The second-order valence-electron chi connectivity index (χ2n) is 5.38.